The molecule has 0 saturated heterocycles. The molecule has 0 aliphatic heterocycles. The second-order valence-corrected chi connectivity index (χ2v) is 6.50. The predicted octanol–water partition coefficient (Wildman–Crippen LogP) is 4.30. The van der Waals surface area contributed by atoms with Crippen LogP contribution in [0.15, 0.2) is 11.4 Å². The minimum atomic E-state index is 0.327. The first-order chi connectivity index (χ1) is 9.27. The Morgan fingerprint density at radius 1 is 1.37 bits per heavy atom. The molecule has 0 amide bonds. The lowest BCUT2D eigenvalue weighted by atomic mass is 9.82. The van der Waals surface area contributed by atoms with Crippen LogP contribution in [-0.2, 0) is 4.74 Å². The largest absolute Gasteiger partial charge is 0.376 e. The van der Waals surface area contributed by atoms with E-state index in [4.69, 9.17) is 4.74 Å². The van der Waals surface area contributed by atoms with E-state index in [0.29, 0.717) is 18.1 Å². The molecule has 1 aliphatic carbocycles. The standard InChI is InChI=1S/C16H27NOS/c1-4-18-15(13-8-6-5-7-9-13)14(17-3)16-12(2)10-11-19-16/h10-11,13-15,17H,4-9H2,1-3H3. The monoisotopic (exact) mass is 281 g/mol. The van der Waals surface area contributed by atoms with Crippen molar-refractivity contribution in [2.75, 3.05) is 13.7 Å². The maximum absolute atomic E-state index is 6.16. The van der Waals surface area contributed by atoms with E-state index in [2.05, 4.69) is 37.7 Å². The Bertz CT molecular complexity index is 371. The third-order valence-corrected chi connectivity index (χ3v) is 5.40. The first-order valence-corrected chi connectivity index (χ1v) is 8.48. The average molecular weight is 281 g/mol. The summed E-state index contributed by atoms with van der Waals surface area (Å²) in [6.45, 7) is 5.13. The molecular weight excluding hydrogens is 254 g/mol. The van der Waals surface area contributed by atoms with Gasteiger partial charge in [0.15, 0.2) is 0 Å². The van der Waals surface area contributed by atoms with Crippen molar-refractivity contribution in [2.45, 2.75) is 58.1 Å². The Morgan fingerprint density at radius 2 is 2.11 bits per heavy atom. The number of aryl methyl sites for hydroxylation is 1. The van der Waals surface area contributed by atoms with Gasteiger partial charge in [-0.25, -0.2) is 0 Å². The number of ether oxygens (including phenoxy) is 1. The van der Waals surface area contributed by atoms with Crippen molar-refractivity contribution >= 4 is 11.3 Å². The van der Waals surface area contributed by atoms with E-state index in [1.807, 2.05) is 11.3 Å². The van der Waals surface area contributed by atoms with Crippen molar-refractivity contribution < 1.29 is 4.74 Å². The maximum Gasteiger partial charge on any atom is 0.0805 e. The minimum absolute atomic E-state index is 0.327. The van der Waals surface area contributed by atoms with Crippen LogP contribution in [0.5, 0.6) is 0 Å². The molecule has 0 spiro atoms. The van der Waals surface area contributed by atoms with Gasteiger partial charge in [-0.1, -0.05) is 19.3 Å². The highest BCUT2D eigenvalue weighted by molar-refractivity contribution is 7.10. The molecule has 108 valence electrons. The van der Waals surface area contributed by atoms with Gasteiger partial charge in [-0.3, -0.25) is 0 Å². The molecule has 1 aromatic rings. The number of thiophene rings is 1. The highest BCUT2D eigenvalue weighted by atomic mass is 32.1. The molecule has 3 heteroatoms. The molecule has 1 fully saturated rings. The van der Waals surface area contributed by atoms with Crippen LogP contribution >= 0.6 is 11.3 Å². The fraction of sp³-hybridized carbons (Fsp3) is 0.750. The highest BCUT2D eigenvalue weighted by Crippen LogP contribution is 2.36. The highest BCUT2D eigenvalue weighted by Gasteiger charge is 2.32. The average Bonchev–Trinajstić information content (AvgIpc) is 2.86. The Hall–Kier alpha value is -0.380. The molecule has 1 heterocycles. The summed E-state index contributed by atoms with van der Waals surface area (Å²) in [5.41, 5.74) is 1.39. The van der Waals surface area contributed by atoms with Crippen LogP contribution in [0.4, 0.5) is 0 Å². The second kappa shape index (κ2) is 7.41. The smallest absolute Gasteiger partial charge is 0.0805 e. The predicted molar refractivity (Wildman–Crippen MR) is 82.8 cm³/mol. The Kier molecular flexibility index (Phi) is 5.86. The van der Waals surface area contributed by atoms with Crippen molar-refractivity contribution in [1.82, 2.24) is 5.32 Å². The van der Waals surface area contributed by atoms with Gasteiger partial charge >= 0.3 is 0 Å². The van der Waals surface area contributed by atoms with E-state index < -0.39 is 0 Å². The summed E-state index contributed by atoms with van der Waals surface area (Å²) in [6, 6.07) is 2.57. The molecule has 1 saturated carbocycles. The van der Waals surface area contributed by atoms with Gasteiger partial charge in [-0.15, -0.1) is 11.3 Å². The summed E-state index contributed by atoms with van der Waals surface area (Å²) in [6.07, 6.45) is 7.12. The van der Waals surface area contributed by atoms with Crippen molar-refractivity contribution in [3.8, 4) is 0 Å². The quantitative estimate of drug-likeness (QED) is 0.839. The molecule has 2 unspecified atom stereocenters. The molecule has 1 N–H and O–H groups in total. The molecule has 19 heavy (non-hydrogen) atoms. The zero-order valence-electron chi connectivity index (χ0n) is 12.4. The van der Waals surface area contributed by atoms with E-state index in [1.165, 1.54) is 42.5 Å². The first-order valence-electron chi connectivity index (χ1n) is 7.60. The molecule has 0 bridgehead atoms. The number of rotatable bonds is 6. The van der Waals surface area contributed by atoms with E-state index in [0.717, 1.165) is 6.61 Å². The van der Waals surface area contributed by atoms with Crippen LogP contribution in [0, 0.1) is 12.8 Å². The fourth-order valence-electron chi connectivity index (χ4n) is 3.31. The summed E-state index contributed by atoms with van der Waals surface area (Å²) in [4.78, 5) is 1.45. The molecule has 2 atom stereocenters. The normalized spacial score (nSPS) is 20.4. The summed E-state index contributed by atoms with van der Waals surface area (Å²) in [5, 5.41) is 5.71. The molecule has 2 rings (SSSR count). The second-order valence-electron chi connectivity index (χ2n) is 5.55. The van der Waals surface area contributed by atoms with Crippen molar-refractivity contribution in [3.63, 3.8) is 0 Å². The van der Waals surface area contributed by atoms with Gasteiger partial charge in [-0.2, -0.15) is 0 Å². The fourth-order valence-corrected chi connectivity index (χ4v) is 4.38. The zero-order valence-corrected chi connectivity index (χ0v) is 13.3. The van der Waals surface area contributed by atoms with Crippen LogP contribution < -0.4 is 5.32 Å². The lowest BCUT2D eigenvalue weighted by molar-refractivity contribution is -0.0161. The van der Waals surface area contributed by atoms with Gasteiger partial charge < -0.3 is 10.1 Å². The van der Waals surface area contributed by atoms with Crippen LogP contribution in [0.25, 0.3) is 0 Å². The Labute approximate surface area is 121 Å². The van der Waals surface area contributed by atoms with E-state index in [9.17, 15) is 0 Å². The topological polar surface area (TPSA) is 21.3 Å². The number of likely N-dealkylation sites (N-methyl/N-ethyl adjacent to an activating group) is 1. The van der Waals surface area contributed by atoms with Gasteiger partial charge in [0.25, 0.3) is 0 Å². The summed E-state index contributed by atoms with van der Waals surface area (Å²) in [7, 11) is 2.07. The zero-order chi connectivity index (χ0) is 13.7. The summed E-state index contributed by atoms with van der Waals surface area (Å²) < 4.78 is 6.16. The lowest BCUT2D eigenvalue weighted by Crippen LogP contribution is -2.38. The number of hydrogen-bond acceptors (Lipinski definition) is 3. The molecule has 1 aliphatic rings. The van der Waals surface area contributed by atoms with E-state index in [1.54, 1.807) is 0 Å². The van der Waals surface area contributed by atoms with Gasteiger partial charge in [0.05, 0.1) is 12.1 Å². The van der Waals surface area contributed by atoms with Crippen LogP contribution in [0.1, 0.15) is 55.5 Å². The Balaban J connectivity index is 2.17. The third-order valence-electron chi connectivity index (χ3n) is 4.30. The van der Waals surface area contributed by atoms with Crippen molar-refractivity contribution in [2.24, 2.45) is 5.92 Å². The van der Waals surface area contributed by atoms with Crippen molar-refractivity contribution in [3.05, 3.63) is 21.9 Å². The Morgan fingerprint density at radius 3 is 2.63 bits per heavy atom. The molecule has 1 aromatic heterocycles. The molecule has 0 aromatic carbocycles. The molecule has 2 nitrogen and oxygen atoms in total. The number of nitrogens with one attached hydrogen (secondary N) is 1. The number of hydrogen-bond donors (Lipinski definition) is 1. The van der Waals surface area contributed by atoms with Gasteiger partial charge in [0, 0.05) is 11.5 Å². The van der Waals surface area contributed by atoms with Crippen LogP contribution in [-0.4, -0.2) is 19.8 Å². The lowest BCUT2D eigenvalue weighted by Gasteiger charge is -2.35. The van der Waals surface area contributed by atoms with E-state index in [-0.39, 0.29) is 0 Å². The van der Waals surface area contributed by atoms with Crippen LogP contribution in [0.2, 0.25) is 0 Å². The van der Waals surface area contributed by atoms with Crippen molar-refractivity contribution in [1.29, 1.82) is 0 Å². The molecular formula is C16H27NOS. The minimum Gasteiger partial charge on any atom is -0.376 e. The first kappa shape index (κ1) is 15.0. The van der Waals surface area contributed by atoms with Crippen LogP contribution in [0.3, 0.4) is 0 Å². The summed E-state index contributed by atoms with van der Waals surface area (Å²) in [5.74, 6) is 0.715. The third kappa shape index (κ3) is 3.59. The SMILES string of the molecule is CCOC(C1CCCCC1)C(NC)c1sccc1C. The van der Waals surface area contributed by atoms with E-state index >= 15 is 0 Å². The summed E-state index contributed by atoms with van der Waals surface area (Å²) >= 11 is 1.86. The van der Waals surface area contributed by atoms with Gasteiger partial charge in [-0.05, 0) is 56.7 Å². The van der Waals surface area contributed by atoms with Gasteiger partial charge in [0.1, 0.15) is 0 Å². The maximum atomic E-state index is 6.16. The molecule has 0 radical (unpaired) electrons. The van der Waals surface area contributed by atoms with Gasteiger partial charge in [0.2, 0.25) is 0 Å².